The van der Waals surface area contributed by atoms with Crippen molar-refractivity contribution in [3.63, 3.8) is 0 Å². The summed E-state index contributed by atoms with van der Waals surface area (Å²) in [4.78, 5) is 12.5. The Morgan fingerprint density at radius 3 is 0.931 bits per heavy atom. The summed E-state index contributed by atoms with van der Waals surface area (Å²) in [6.45, 7) is 1.78. The molecule has 0 spiro atoms. The smallest absolute Gasteiger partial charge is 0.348 e. The fourth-order valence-corrected chi connectivity index (χ4v) is 19.5. The summed E-state index contributed by atoms with van der Waals surface area (Å²) >= 11 is 3.11. The lowest BCUT2D eigenvalue weighted by molar-refractivity contribution is -0.146. The third-order valence-electron chi connectivity index (χ3n) is 18.8. The summed E-state index contributed by atoms with van der Waals surface area (Å²) in [7, 11) is -6.37. The van der Waals surface area contributed by atoms with Crippen molar-refractivity contribution in [3.05, 3.63) is 304 Å². The summed E-state index contributed by atoms with van der Waals surface area (Å²) in [5.74, 6) is -9.00. The number of rotatable bonds is 33. The minimum atomic E-state index is -6.37. The summed E-state index contributed by atoms with van der Waals surface area (Å²) in [5, 5.41) is 34.6. The molecular weight excluding hydrogens is 1600 g/mol. The Balaban J connectivity index is 0.980. The summed E-state index contributed by atoms with van der Waals surface area (Å²) in [6.07, 6.45) is 22.4. The van der Waals surface area contributed by atoms with E-state index in [1.54, 1.807) is 57.2 Å². The molecule has 35 heteroatoms. The molecule has 6 heterocycles. The molecule has 0 saturated carbocycles. The van der Waals surface area contributed by atoms with Gasteiger partial charge in [-0.25, -0.2) is 73.1 Å². The predicted molar refractivity (Wildman–Crippen MR) is 413 cm³/mol. The molecule has 0 aliphatic carbocycles. The molecule has 6 atom stereocenters. The van der Waals surface area contributed by atoms with Crippen LogP contribution in [0.5, 0.6) is 0 Å². The first-order chi connectivity index (χ1) is 56.0. The summed E-state index contributed by atoms with van der Waals surface area (Å²) in [5.41, 5.74) is -8.52. The Bertz CT molecular complexity index is 4740. The molecule has 3 aromatic heterocycles. The van der Waals surface area contributed by atoms with E-state index in [4.69, 9.17) is 42.0 Å². The minimum Gasteiger partial charge on any atom is -0.348 e. The lowest BCUT2D eigenvalue weighted by Crippen LogP contribution is -2.50. The monoisotopic (exact) mass is 1670 g/mol. The number of phosphoric acid groups is 1. The molecule has 3 aliphatic heterocycles. The third kappa shape index (κ3) is 21.4. The van der Waals surface area contributed by atoms with E-state index in [0.29, 0.717) is 18.2 Å². The minimum absolute atomic E-state index is 0.110. The van der Waals surface area contributed by atoms with Gasteiger partial charge in [-0.2, -0.15) is 31.1 Å². The molecular formula is C81H72F9N12O10PS3. The number of phosphoric ester groups is 1. The van der Waals surface area contributed by atoms with Crippen LogP contribution in [0.1, 0.15) is 70.8 Å². The first-order valence-corrected chi connectivity index (χ1v) is 40.1. The number of ether oxygens (including phenoxy) is 6. The molecule has 116 heavy (non-hydrogen) atoms. The fraction of sp³-hybridized carbons (Fsp3) is 0.296. The Morgan fingerprint density at radius 2 is 0.698 bits per heavy atom. The van der Waals surface area contributed by atoms with Crippen molar-refractivity contribution in [2.24, 2.45) is 0 Å². The van der Waals surface area contributed by atoms with Crippen LogP contribution >= 0.6 is 43.1 Å². The normalized spacial score (nSPS) is 20.7. The van der Waals surface area contributed by atoms with E-state index < -0.39 is 164 Å². The van der Waals surface area contributed by atoms with Crippen molar-refractivity contribution in [1.29, 1.82) is 15.8 Å². The van der Waals surface area contributed by atoms with Crippen LogP contribution in [0.2, 0.25) is 0 Å². The van der Waals surface area contributed by atoms with Gasteiger partial charge in [-0.15, -0.1) is 35.3 Å². The van der Waals surface area contributed by atoms with Crippen LogP contribution in [-0.4, -0.2) is 134 Å². The predicted octanol–water partition coefficient (Wildman–Crippen LogP) is 16.0. The molecule has 6 aromatic carbocycles. The number of aromatic nitrogens is 9. The van der Waals surface area contributed by atoms with Crippen molar-refractivity contribution in [2.75, 3.05) is 39.6 Å². The highest BCUT2D eigenvalue weighted by molar-refractivity contribution is 8.01. The van der Waals surface area contributed by atoms with Gasteiger partial charge in [0, 0.05) is 67.3 Å². The molecule has 0 N–H and O–H groups in total. The molecule has 22 nitrogen and oxygen atoms in total. The Hall–Kier alpha value is -10.1. The zero-order valence-corrected chi connectivity index (χ0v) is 65.2. The lowest BCUT2D eigenvalue weighted by Gasteiger charge is -2.48. The van der Waals surface area contributed by atoms with Gasteiger partial charge in [-0.05, 0) is 72.8 Å². The van der Waals surface area contributed by atoms with Crippen molar-refractivity contribution in [1.82, 2.24) is 44.3 Å². The van der Waals surface area contributed by atoms with Gasteiger partial charge >= 0.3 is 7.82 Å². The number of halogens is 9. The zero-order valence-electron chi connectivity index (χ0n) is 61.9. The van der Waals surface area contributed by atoms with E-state index >= 15 is 30.9 Å². The standard InChI is InChI=1S/C81H72F9N12O10PS3/c1-52(114-64-37-104-76(105-38-64)13-7-4-10-58-19-16-55(34-91)28-70(58)85)79(43-100-49-94-46-97-100,67-25-22-61(82)31-73(67)88)110-113(103,111-80(44-101-50-95-47-98-101,68-26-23-62(83)32-74(68)89)53(2)115-65-39-106-77(107-40-65)14-8-5-11-59-20-17-56(35-92)29-71(59)86)112-81(45-102-51-96-48-99-102,69-27-24-63(84)33-75(69)90)54(3)116-66-41-108-78(109-42-66)15-9-6-12-60-21-18-57(36-93)30-72(60)87/h4-33,46-54,64-66,76-78H,37-45H2,1-3H3/b10-4+,11-5+,12-6+,13-7+,14-8+,15-9+/t52-,53-,54-,64-,65-,66-,76-,77-,78-,79-,80-,81-/m1/s1. The van der Waals surface area contributed by atoms with Crippen LogP contribution in [0.3, 0.4) is 0 Å². The Kier molecular flexibility index (Phi) is 28.9. The highest BCUT2D eigenvalue weighted by atomic mass is 32.2. The number of hydrogen-bond acceptors (Lipinski definition) is 22. The van der Waals surface area contributed by atoms with E-state index in [2.05, 4.69) is 30.2 Å². The fourth-order valence-electron chi connectivity index (χ4n) is 13.0. The molecule has 3 fully saturated rings. The second-order valence-electron chi connectivity index (χ2n) is 26.6. The van der Waals surface area contributed by atoms with Gasteiger partial charge in [0.1, 0.15) is 107 Å². The molecule has 12 rings (SSSR count). The highest BCUT2D eigenvalue weighted by Gasteiger charge is 2.60. The maximum absolute atomic E-state index is 18.7. The van der Waals surface area contributed by atoms with Crippen LogP contribution in [0.4, 0.5) is 39.5 Å². The second kappa shape index (κ2) is 39.3. The number of nitriles is 3. The van der Waals surface area contributed by atoms with Crippen molar-refractivity contribution < 1.29 is 86.1 Å². The first-order valence-electron chi connectivity index (χ1n) is 35.8. The topological polar surface area (TPSA) is 264 Å². The van der Waals surface area contributed by atoms with Gasteiger partial charge in [0.05, 0.1) is 110 Å². The number of benzene rings is 6. The quantitative estimate of drug-likeness (QED) is 0.0210. The number of nitrogens with zero attached hydrogens (tertiary/aromatic N) is 12. The lowest BCUT2D eigenvalue weighted by atomic mass is 9.90. The van der Waals surface area contributed by atoms with Gasteiger partial charge in [0.15, 0.2) is 18.9 Å². The van der Waals surface area contributed by atoms with Crippen LogP contribution in [0.15, 0.2) is 202 Å². The molecule has 602 valence electrons. The van der Waals surface area contributed by atoms with Crippen LogP contribution in [0.25, 0.3) is 18.2 Å². The maximum atomic E-state index is 18.7. The van der Waals surface area contributed by atoms with Crippen molar-refractivity contribution in [2.45, 2.75) is 108 Å². The van der Waals surface area contributed by atoms with E-state index in [1.807, 2.05) is 18.2 Å². The SMILES string of the molecule is C[C@@H](S[C@H]1CO[C@H](/C=C/C=C/c2ccc(C#N)cc2F)OC1)[C@@](Cn1cncn1)(OP(=O)(O[C@@](Cn1cncn1)(c1ccc(F)cc1F)[C@@H](C)S[C@H]1CO[C@H](/C=C/C=C/c2ccc(C#N)cc2F)OC1)O[C@@](Cn1cncn1)(c1ccc(F)cc1F)[C@@H](C)S[C@H]1CO[C@H](/C=C/C=C/c2ccc(C#N)cc2F)OC1)c1ccc(F)cc1F. The average molecular weight is 1670 g/mol. The van der Waals surface area contributed by atoms with Gasteiger partial charge in [0.25, 0.3) is 0 Å². The van der Waals surface area contributed by atoms with E-state index in [-0.39, 0.29) is 73.0 Å². The largest absolute Gasteiger partial charge is 0.477 e. The van der Waals surface area contributed by atoms with Gasteiger partial charge in [-0.3, -0.25) is 13.6 Å². The summed E-state index contributed by atoms with van der Waals surface area (Å²) in [6, 6.07) is 25.2. The number of thioether (sulfide) groups is 3. The highest BCUT2D eigenvalue weighted by Crippen LogP contribution is 2.67. The average Bonchev–Trinajstić information content (AvgIpc) is 0.865. The second-order valence-corrected chi connectivity index (χ2v) is 33.0. The summed E-state index contributed by atoms with van der Waals surface area (Å²) < 4.78 is 228. The van der Waals surface area contributed by atoms with Gasteiger partial charge < -0.3 is 28.4 Å². The molecule has 3 aliphatic rings. The Labute approximate surface area is 673 Å². The molecule has 0 amide bonds. The van der Waals surface area contributed by atoms with Gasteiger partial charge in [0.2, 0.25) is 0 Å². The molecule has 9 aromatic rings. The zero-order chi connectivity index (χ0) is 82.0. The van der Waals surface area contributed by atoms with Gasteiger partial charge in [-0.1, -0.05) is 112 Å². The van der Waals surface area contributed by atoms with Crippen molar-refractivity contribution in [3.8, 4) is 18.2 Å². The molecule has 0 bridgehead atoms. The van der Waals surface area contributed by atoms with Crippen LogP contribution in [0, 0.1) is 86.3 Å². The first kappa shape index (κ1) is 85.3. The van der Waals surface area contributed by atoms with E-state index in [1.165, 1.54) is 106 Å². The van der Waals surface area contributed by atoms with E-state index in [9.17, 15) is 29.0 Å². The Morgan fingerprint density at radius 1 is 0.422 bits per heavy atom. The number of allylic oxidation sites excluding steroid dienone is 6. The van der Waals surface area contributed by atoms with Crippen LogP contribution in [-0.2, 0) is 83.0 Å². The van der Waals surface area contributed by atoms with E-state index in [0.717, 1.165) is 109 Å². The van der Waals surface area contributed by atoms with Crippen molar-refractivity contribution >= 4 is 61.3 Å². The molecule has 3 saturated heterocycles. The maximum Gasteiger partial charge on any atom is 0.477 e. The number of hydrogen-bond donors (Lipinski definition) is 0. The van der Waals surface area contributed by atoms with Crippen LogP contribution < -0.4 is 0 Å². The molecule has 0 radical (unpaired) electrons. The third-order valence-corrected chi connectivity index (χ3v) is 24.8. The molecule has 0 unspecified atom stereocenters.